The van der Waals surface area contributed by atoms with E-state index in [0.717, 1.165) is 25.7 Å². The van der Waals surface area contributed by atoms with Crippen LogP contribution in [0.25, 0.3) is 0 Å². The Balaban J connectivity index is 2.05. The summed E-state index contributed by atoms with van der Waals surface area (Å²) in [6, 6.07) is 0.395. The maximum Gasteiger partial charge on any atom is 0.0928 e. The minimum Gasteiger partial charge on any atom is -0.389 e. The summed E-state index contributed by atoms with van der Waals surface area (Å²) in [4.78, 5) is 6.13. The predicted molar refractivity (Wildman–Crippen MR) is 80.7 cm³/mol. The van der Waals surface area contributed by atoms with Crippen molar-refractivity contribution in [2.24, 2.45) is 0 Å². The molecule has 19 heavy (non-hydrogen) atoms. The summed E-state index contributed by atoms with van der Waals surface area (Å²) >= 11 is 1.85. The van der Waals surface area contributed by atoms with Crippen LogP contribution in [0.4, 0.5) is 0 Å². The number of hydrogen-bond donors (Lipinski definition) is 2. The van der Waals surface area contributed by atoms with Crippen molar-refractivity contribution in [2.45, 2.75) is 70.9 Å². The van der Waals surface area contributed by atoms with Crippen LogP contribution in [-0.2, 0) is 12.8 Å². The van der Waals surface area contributed by atoms with E-state index in [1.54, 1.807) is 0 Å². The van der Waals surface area contributed by atoms with Crippen LogP contribution in [0.3, 0.4) is 0 Å². The van der Waals surface area contributed by atoms with Crippen molar-refractivity contribution in [1.82, 2.24) is 10.3 Å². The number of nitrogens with one attached hydrogen (secondary N) is 1. The number of nitrogens with zero attached hydrogens (tertiary/aromatic N) is 1. The Morgan fingerprint density at radius 1 is 1.37 bits per heavy atom. The molecule has 1 aliphatic rings. The monoisotopic (exact) mass is 282 g/mol. The molecule has 1 heterocycles. The molecule has 2 rings (SSSR count). The van der Waals surface area contributed by atoms with Gasteiger partial charge >= 0.3 is 0 Å². The Morgan fingerprint density at radius 3 is 2.74 bits per heavy atom. The molecular weight excluding hydrogens is 256 g/mol. The summed E-state index contributed by atoms with van der Waals surface area (Å²) in [7, 11) is 0. The molecule has 0 saturated heterocycles. The van der Waals surface area contributed by atoms with Crippen molar-refractivity contribution < 1.29 is 5.11 Å². The Bertz CT molecular complexity index is 412. The highest BCUT2D eigenvalue weighted by atomic mass is 32.1. The molecule has 1 aromatic heterocycles. The molecule has 0 aromatic carbocycles. The van der Waals surface area contributed by atoms with Crippen LogP contribution in [-0.4, -0.2) is 22.2 Å². The van der Waals surface area contributed by atoms with Gasteiger partial charge in [0.1, 0.15) is 0 Å². The van der Waals surface area contributed by atoms with Gasteiger partial charge < -0.3 is 10.4 Å². The fraction of sp³-hybridized carbons (Fsp3) is 0.800. The van der Waals surface area contributed by atoms with Crippen LogP contribution in [0.2, 0.25) is 0 Å². The van der Waals surface area contributed by atoms with Crippen molar-refractivity contribution in [3.63, 3.8) is 0 Å². The van der Waals surface area contributed by atoms with Gasteiger partial charge in [-0.05, 0) is 38.5 Å². The van der Waals surface area contributed by atoms with Crippen LogP contribution in [0.15, 0.2) is 0 Å². The van der Waals surface area contributed by atoms with Crippen LogP contribution >= 0.6 is 11.3 Å². The average molecular weight is 282 g/mol. The number of aryl methyl sites for hydroxylation is 2. The molecule has 1 aliphatic carbocycles. The first kappa shape index (κ1) is 14.9. The summed E-state index contributed by atoms with van der Waals surface area (Å²) in [6.07, 6.45) is 6.13. The fourth-order valence-corrected chi connectivity index (χ4v) is 3.79. The van der Waals surface area contributed by atoms with Crippen LogP contribution in [0.1, 0.15) is 68.1 Å². The van der Waals surface area contributed by atoms with Crippen LogP contribution < -0.4 is 5.32 Å². The molecule has 0 spiro atoms. The molecule has 0 bridgehead atoms. The van der Waals surface area contributed by atoms with E-state index < -0.39 is 5.60 Å². The van der Waals surface area contributed by atoms with E-state index in [1.165, 1.54) is 28.4 Å². The van der Waals surface area contributed by atoms with E-state index in [9.17, 15) is 5.11 Å². The predicted octanol–water partition coefficient (Wildman–Crippen LogP) is 3.22. The molecule has 108 valence electrons. The van der Waals surface area contributed by atoms with Crippen molar-refractivity contribution in [3.8, 4) is 0 Å². The molecular formula is C15H26N2OS. The second-order valence-electron chi connectivity index (χ2n) is 5.53. The second kappa shape index (κ2) is 6.33. The minimum absolute atomic E-state index is 0.395. The molecule has 0 amide bonds. The lowest BCUT2D eigenvalue weighted by molar-refractivity contribution is 0.0294. The van der Waals surface area contributed by atoms with Gasteiger partial charge in [0.05, 0.1) is 16.3 Å². The zero-order valence-electron chi connectivity index (χ0n) is 12.3. The Morgan fingerprint density at radius 2 is 2.11 bits per heavy atom. The summed E-state index contributed by atoms with van der Waals surface area (Å²) < 4.78 is 0. The number of aromatic nitrogens is 1. The number of fused-ring (bicyclic) bond motifs is 1. The van der Waals surface area contributed by atoms with Crippen molar-refractivity contribution in [3.05, 3.63) is 15.6 Å². The first-order chi connectivity index (χ1) is 9.11. The summed E-state index contributed by atoms with van der Waals surface area (Å²) in [5.74, 6) is 0. The lowest BCUT2D eigenvalue weighted by Gasteiger charge is -2.30. The summed E-state index contributed by atoms with van der Waals surface area (Å²) in [5.41, 5.74) is 0.734. The van der Waals surface area contributed by atoms with E-state index in [2.05, 4.69) is 26.1 Å². The molecule has 1 atom stereocenters. The van der Waals surface area contributed by atoms with E-state index in [-0.39, 0.29) is 0 Å². The van der Waals surface area contributed by atoms with Crippen LogP contribution in [0.5, 0.6) is 0 Å². The highest BCUT2D eigenvalue weighted by molar-refractivity contribution is 7.11. The number of thiazole rings is 1. The first-order valence-electron chi connectivity index (χ1n) is 7.56. The van der Waals surface area contributed by atoms with E-state index >= 15 is 0 Å². The lowest BCUT2D eigenvalue weighted by atomic mass is 9.94. The maximum atomic E-state index is 10.4. The fourth-order valence-electron chi connectivity index (χ4n) is 2.63. The van der Waals surface area contributed by atoms with Crippen molar-refractivity contribution in [2.75, 3.05) is 6.54 Å². The van der Waals surface area contributed by atoms with Crippen molar-refractivity contribution >= 4 is 11.3 Å². The summed E-state index contributed by atoms with van der Waals surface area (Å²) in [6.45, 7) is 6.96. The van der Waals surface area contributed by atoms with Crippen LogP contribution in [0, 0.1) is 0 Å². The quantitative estimate of drug-likeness (QED) is 0.842. The number of hydrogen-bond acceptors (Lipinski definition) is 4. The SMILES string of the molecule is CCc1nc2c(s1)C(NCC(O)(CC)CC)CCC2. The Hall–Kier alpha value is -0.450. The molecule has 1 aromatic rings. The molecule has 0 fully saturated rings. The topological polar surface area (TPSA) is 45.2 Å². The average Bonchev–Trinajstić information content (AvgIpc) is 2.88. The van der Waals surface area contributed by atoms with Gasteiger partial charge in [-0.15, -0.1) is 11.3 Å². The Labute approximate surface area is 120 Å². The normalized spacial score (nSPS) is 19.5. The molecule has 2 N–H and O–H groups in total. The largest absolute Gasteiger partial charge is 0.389 e. The third kappa shape index (κ3) is 3.36. The number of aliphatic hydroxyl groups is 1. The second-order valence-corrected chi connectivity index (χ2v) is 6.64. The smallest absolute Gasteiger partial charge is 0.0928 e. The van der Waals surface area contributed by atoms with E-state index in [1.807, 2.05) is 11.3 Å². The van der Waals surface area contributed by atoms with Gasteiger partial charge in [0.25, 0.3) is 0 Å². The van der Waals surface area contributed by atoms with E-state index in [0.29, 0.717) is 12.6 Å². The third-order valence-corrected chi connectivity index (χ3v) is 5.65. The van der Waals surface area contributed by atoms with Gasteiger partial charge in [-0.3, -0.25) is 0 Å². The molecule has 3 nitrogen and oxygen atoms in total. The van der Waals surface area contributed by atoms with Gasteiger partial charge in [0.2, 0.25) is 0 Å². The maximum absolute atomic E-state index is 10.4. The minimum atomic E-state index is -0.560. The van der Waals surface area contributed by atoms with Gasteiger partial charge in [-0.1, -0.05) is 20.8 Å². The van der Waals surface area contributed by atoms with Gasteiger partial charge in [0.15, 0.2) is 0 Å². The lowest BCUT2D eigenvalue weighted by Crippen LogP contribution is -2.41. The van der Waals surface area contributed by atoms with Gasteiger partial charge in [-0.2, -0.15) is 0 Å². The Kier molecular flexibility index (Phi) is 4.98. The highest BCUT2D eigenvalue weighted by Crippen LogP contribution is 2.34. The third-order valence-electron chi connectivity index (χ3n) is 4.29. The molecule has 0 radical (unpaired) electrons. The van der Waals surface area contributed by atoms with Crippen molar-refractivity contribution in [1.29, 1.82) is 0 Å². The molecule has 4 heteroatoms. The zero-order chi connectivity index (χ0) is 13.9. The molecule has 0 saturated carbocycles. The summed E-state index contributed by atoms with van der Waals surface area (Å²) in [5, 5.41) is 15.2. The van der Waals surface area contributed by atoms with E-state index in [4.69, 9.17) is 4.98 Å². The molecule has 1 unspecified atom stereocenters. The molecule has 0 aliphatic heterocycles. The first-order valence-corrected chi connectivity index (χ1v) is 8.37. The number of rotatable bonds is 6. The highest BCUT2D eigenvalue weighted by Gasteiger charge is 2.28. The standard InChI is InChI=1S/C15H26N2OS/c1-4-13-17-12-9-7-8-11(14(12)19-13)16-10-15(18,5-2)6-3/h11,16,18H,4-10H2,1-3H3. The zero-order valence-corrected chi connectivity index (χ0v) is 13.1. The van der Waals surface area contributed by atoms with Gasteiger partial charge in [0, 0.05) is 17.5 Å². The van der Waals surface area contributed by atoms with Gasteiger partial charge in [-0.25, -0.2) is 4.98 Å².